The molecular formula is C52H64F2N4O12. The molecule has 2 unspecified atom stereocenters. The molecule has 8 N–H and O–H groups in total. The summed E-state index contributed by atoms with van der Waals surface area (Å²) in [6.07, 6.45) is -12.0. The molecule has 4 aromatic rings. The average Bonchev–Trinajstić information content (AvgIpc) is 3.84. The van der Waals surface area contributed by atoms with E-state index in [1.807, 2.05) is 12.1 Å². The van der Waals surface area contributed by atoms with Gasteiger partial charge in [-0.2, -0.15) is 0 Å². The van der Waals surface area contributed by atoms with Crippen LogP contribution in [0.3, 0.4) is 0 Å². The molecular weight excluding hydrogens is 911 g/mol. The summed E-state index contributed by atoms with van der Waals surface area (Å²) in [6, 6.07) is 21.8. The third-order valence-electron chi connectivity index (χ3n) is 12.5. The van der Waals surface area contributed by atoms with Crippen LogP contribution in [0.25, 0.3) is 0 Å². The van der Waals surface area contributed by atoms with Gasteiger partial charge in [0.2, 0.25) is 12.6 Å². The predicted octanol–water partition coefficient (Wildman–Crippen LogP) is 4.50. The zero-order valence-corrected chi connectivity index (χ0v) is 40.0. The molecule has 12 atom stereocenters. The van der Waals surface area contributed by atoms with Gasteiger partial charge in [0.1, 0.15) is 35.9 Å². The van der Waals surface area contributed by atoms with Crippen LogP contribution in [0, 0.1) is 23.5 Å². The highest BCUT2D eigenvalue weighted by Crippen LogP contribution is 2.36. The Bertz CT molecular complexity index is 2260. The number of nitrogens with two attached hydrogens (primary N) is 2. The lowest BCUT2D eigenvalue weighted by Crippen LogP contribution is -2.57. The van der Waals surface area contributed by atoms with Crippen LogP contribution < -0.4 is 22.1 Å². The van der Waals surface area contributed by atoms with E-state index in [1.165, 1.54) is 50.2 Å². The molecule has 0 saturated heterocycles. The number of amides is 2. The molecule has 18 heteroatoms. The summed E-state index contributed by atoms with van der Waals surface area (Å²) >= 11 is 0. The zero-order chi connectivity index (χ0) is 50.8. The topological polar surface area (TPSA) is 240 Å². The van der Waals surface area contributed by atoms with Crippen LogP contribution in [-0.4, -0.2) is 95.3 Å². The average molecular weight is 975 g/mol. The number of hydrogen-bond donors (Lipinski definition) is 6. The largest absolute Gasteiger partial charge is 0.435 e. The van der Waals surface area contributed by atoms with Crippen LogP contribution in [0.15, 0.2) is 97.1 Å². The van der Waals surface area contributed by atoms with Gasteiger partial charge < -0.3 is 60.7 Å². The van der Waals surface area contributed by atoms with E-state index in [0.29, 0.717) is 11.1 Å². The number of aliphatic hydroxyl groups excluding tert-OH is 2. The lowest BCUT2D eigenvalue weighted by Gasteiger charge is -2.33. The second-order valence-electron chi connectivity index (χ2n) is 18.3. The molecule has 2 aliphatic rings. The number of esters is 2. The van der Waals surface area contributed by atoms with E-state index >= 15 is 8.78 Å². The Labute approximate surface area is 406 Å². The Morgan fingerprint density at radius 1 is 0.571 bits per heavy atom. The van der Waals surface area contributed by atoms with E-state index in [2.05, 4.69) is 10.6 Å². The second kappa shape index (κ2) is 24.4. The zero-order valence-electron chi connectivity index (χ0n) is 40.0. The summed E-state index contributed by atoms with van der Waals surface area (Å²) in [6.45, 7) is 8.95. The summed E-state index contributed by atoms with van der Waals surface area (Å²) in [4.78, 5) is 54.8. The molecule has 0 radical (unpaired) electrons. The van der Waals surface area contributed by atoms with Crippen LogP contribution >= 0.6 is 0 Å². The van der Waals surface area contributed by atoms with Crippen molar-refractivity contribution in [3.05, 3.63) is 142 Å². The molecule has 378 valence electrons. The first-order chi connectivity index (χ1) is 33.3. The summed E-state index contributed by atoms with van der Waals surface area (Å²) < 4.78 is 65.4. The quantitative estimate of drug-likeness (QED) is 0.0444. The van der Waals surface area contributed by atoms with Crippen molar-refractivity contribution in [2.24, 2.45) is 23.3 Å². The summed E-state index contributed by atoms with van der Waals surface area (Å²) in [5.74, 6) is -5.16. The predicted molar refractivity (Wildman–Crippen MR) is 251 cm³/mol. The molecule has 2 amide bonds. The smallest absolute Gasteiger partial charge is 0.325 e. The maximum Gasteiger partial charge on any atom is 0.325 e. The van der Waals surface area contributed by atoms with Gasteiger partial charge in [-0.1, -0.05) is 113 Å². The number of hydrogen-bond acceptors (Lipinski definition) is 14. The van der Waals surface area contributed by atoms with Crippen LogP contribution in [0.1, 0.15) is 87.0 Å². The van der Waals surface area contributed by atoms with Crippen molar-refractivity contribution in [1.29, 1.82) is 0 Å². The van der Waals surface area contributed by atoms with E-state index < -0.39 is 122 Å². The fourth-order valence-electron chi connectivity index (χ4n) is 8.37. The molecule has 0 saturated carbocycles. The van der Waals surface area contributed by atoms with E-state index in [9.17, 15) is 29.4 Å². The van der Waals surface area contributed by atoms with Gasteiger partial charge in [0.25, 0.3) is 11.8 Å². The van der Waals surface area contributed by atoms with Gasteiger partial charge in [-0.25, -0.2) is 8.78 Å². The van der Waals surface area contributed by atoms with Gasteiger partial charge in [0, 0.05) is 24.0 Å². The minimum Gasteiger partial charge on any atom is -0.435 e. The van der Waals surface area contributed by atoms with Crippen LogP contribution in [0.5, 0.6) is 0 Å². The minimum atomic E-state index is -2.27. The highest BCUT2D eigenvalue weighted by Gasteiger charge is 2.45. The van der Waals surface area contributed by atoms with Gasteiger partial charge in [0.05, 0.1) is 37.5 Å². The number of benzene rings is 4. The van der Waals surface area contributed by atoms with E-state index in [1.54, 1.807) is 76.2 Å². The number of carbonyl (C=O) groups is 4. The van der Waals surface area contributed by atoms with Gasteiger partial charge in [-0.3, -0.25) is 19.2 Å². The molecule has 0 spiro atoms. The van der Waals surface area contributed by atoms with E-state index in [-0.39, 0.29) is 35.8 Å². The van der Waals surface area contributed by atoms with E-state index in [0.717, 1.165) is 11.1 Å². The number of aliphatic hydroxyl groups is 2. The first kappa shape index (κ1) is 53.6. The number of rotatable bonds is 23. The Morgan fingerprint density at radius 2 is 0.914 bits per heavy atom. The molecule has 0 aromatic heterocycles. The lowest BCUT2D eigenvalue weighted by molar-refractivity contribution is -0.191. The maximum absolute atomic E-state index is 15.0. The standard InChI is InChI=1S/C52H64F2N4O12/c1-27(2)41(55)51(63)69-29(5)67-39-23-31-15-7-11-19-35(31)43(39)57-49(61)47(65-25-33-17-9-13-21-37(33)53)45(59)46(60)48(66-26-34-18-10-14-22-38(34)54)50(62)58-44-36-20-12-8-16-32(36)24-40(44)68-30(6)70-52(64)42(56)28(3)4/h7-22,27-30,39-48,59-60H,23-26,55-56H2,1-6H3,(H,57,61)(H,58,62)/t29?,30?,39-,40-,41+,42+,43+,44+,45-,46-,47-,48-/m1/s1. The lowest BCUT2D eigenvalue weighted by atomic mass is 9.99. The van der Waals surface area contributed by atoms with Crippen LogP contribution in [0.4, 0.5) is 8.78 Å². The third-order valence-corrected chi connectivity index (χ3v) is 12.5. The van der Waals surface area contributed by atoms with Gasteiger partial charge in [-0.05, 0) is 60.1 Å². The first-order valence-electron chi connectivity index (χ1n) is 23.4. The van der Waals surface area contributed by atoms with Crippen molar-refractivity contribution in [3.63, 3.8) is 0 Å². The summed E-state index contributed by atoms with van der Waals surface area (Å²) in [5, 5.41) is 30.0. The van der Waals surface area contributed by atoms with Crippen molar-refractivity contribution in [2.75, 3.05) is 0 Å². The molecule has 2 aliphatic carbocycles. The van der Waals surface area contributed by atoms with Crippen molar-refractivity contribution < 1.29 is 66.6 Å². The van der Waals surface area contributed by atoms with Gasteiger partial charge in [0.15, 0.2) is 12.2 Å². The Balaban J connectivity index is 1.29. The Kier molecular flexibility index (Phi) is 18.7. The summed E-state index contributed by atoms with van der Waals surface area (Å²) in [7, 11) is 0. The fourth-order valence-corrected chi connectivity index (χ4v) is 8.37. The van der Waals surface area contributed by atoms with Crippen LogP contribution in [0.2, 0.25) is 0 Å². The van der Waals surface area contributed by atoms with Crippen molar-refractivity contribution in [2.45, 2.75) is 141 Å². The Morgan fingerprint density at radius 3 is 1.27 bits per heavy atom. The highest BCUT2D eigenvalue weighted by molar-refractivity contribution is 5.84. The van der Waals surface area contributed by atoms with Crippen molar-refractivity contribution >= 4 is 23.8 Å². The molecule has 70 heavy (non-hydrogen) atoms. The molecule has 6 rings (SSSR count). The molecule has 4 aromatic carbocycles. The monoisotopic (exact) mass is 974 g/mol. The Hall–Kier alpha value is -5.70. The van der Waals surface area contributed by atoms with Crippen molar-refractivity contribution in [1.82, 2.24) is 10.6 Å². The number of carbonyl (C=O) groups excluding carboxylic acids is 4. The highest BCUT2D eigenvalue weighted by atomic mass is 19.1. The molecule has 0 fully saturated rings. The molecule has 16 nitrogen and oxygen atoms in total. The molecule has 0 heterocycles. The normalized spacial score (nSPS) is 20.8. The van der Waals surface area contributed by atoms with Crippen LogP contribution in [-0.2, 0) is 73.7 Å². The van der Waals surface area contributed by atoms with Gasteiger partial charge >= 0.3 is 11.9 Å². The van der Waals surface area contributed by atoms with Gasteiger partial charge in [-0.15, -0.1) is 0 Å². The second-order valence-corrected chi connectivity index (χ2v) is 18.3. The number of halogens is 2. The third kappa shape index (κ3) is 13.4. The number of nitrogens with one attached hydrogen (secondary N) is 2. The number of ether oxygens (including phenoxy) is 6. The summed E-state index contributed by atoms with van der Waals surface area (Å²) in [5.41, 5.74) is 14.9. The van der Waals surface area contributed by atoms with Crippen molar-refractivity contribution in [3.8, 4) is 0 Å². The SMILES string of the molecule is CC(OC(=O)[C@@H](N)C(C)C)O[C@@H]1Cc2ccccc2[C@@H]1NC(=O)[C@H](OCc1ccccc1F)[C@H](O)[C@@H](O)[C@@H](OCc1ccccc1F)C(=O)N[C@H]1c2ccccc2C[C@H]1OC(C)OC(=O)[C@@H](N)C(C)C. The fraction of sp³-hybridized carbons (Fsp3) is 0.462. The van der Waals surface area contributed by atoms with E-state index in [4.69, 9.17) is 39.9 Å². The number of fused-ring (bicyclic) bond motifs is 2. The maximum atomic E-state index is 15.0. The molecule has 0 bridgehead atoms. The minimum absolute atomic E-state index is 0.00629. The molecule has 0 aliphatic heterocycles. The first-order valence-corrected chi connectivity index (χ1v) is 23.4.